The van der Waals surface area contributed by atoms with E-state index in [9.17, 15) is 20.3 Å². The van der Waals surface area contributed by atoms with Gasteiger partial charge in [0.15, 0.2) is 0 Å². The molecule has 2 atom stereocenters. The molecule has 0 saturated heterocycles. The summed E-state index contributed by atoms with van der Waals surface area (Å²) >= 11 is 6.09. The molecule has 0 aliphatic heterocycles. The predicted octanol–water partition coefficient (Wildman–Crippen LogP) is 5.88. The Morgan fingerprint density at radius 3 is 2.72 bits per heavy atom. The fraction of sp³-hybridized carbons (Fsp3) is 0.464. The number of fused-ring (bicyclic) bond motifs is 1. The second-order valence-electron chi connectivity index (χ2n) is 9.93. The Bertz CT molecular complexity index is 1270. The summed E-state index contributed by atoms with van der Waals surface area (Å²) in [4.78, 5) is 15.7. The summed E-state index contributed by atoms with van der Waals surface area (Å²) in [5, 5.41) is 31.4. The first-order valence-corrected chi connectivity index (χ1v) is 12.8. The van der Waals surface area contributed by atoms with Crippen molar-refractivity contribution in [2.45, 2.75) is 70.2 Å². The Morgan fingerprint density at radius 2 is 2.06 bits per heavy atom. The van der Waals surface area contributed by atoms with Gasteiger partial charge < -0.3 is 19.5 Å². The number of carbonyl (C=O) groups is 1. The number of pyridine rings is 1. The largest absolute Gasteiger partial charge is 0.481 e. The Kier molecular flexibility index (Phi) is 8.30. The van der Waals surface area contributed by atoms with Gasteiger partial charge in [0.1, 0.15) is 11.7 Å². The molecule has 2 heterocycles. The summed E-state index contributed by atoms with van der Waals surface area (Å²) in [6.07, 6.45) is 4.79. The number of nitrogens with zero attached hydrogens (tertiary/aromatic N) is 3. The lowest BCUT2D eigenvalue weighted by atomic mass is 9.82. The van der Waals surface area contributed by atoms with Crippen molar-refractivity contribution in [1.29, 1.82) is 5.26 Å². The van der Waals surface area contributed by atoms with Crippen LogP contribution in [0.1, 0.15) is 79.9 Å². The zero-order valence-electron chi connectivity index (χ0n) is 20.7. The minimum atomic E-state index is -0.877. The number of rotatable bonds is 9. The number of halogens is 1. The Hall–Kier alpha value is -2.92. The van der Waals surface area contributed by atoms with Crippen LogP contribution in [0.15, 0.2) is 36.5 Å². The molecule has 7 nitrogen and oxygen atoms in total. The molecule has 2 N–H and O–H groups in total. The zero-order valence-corrected chi connectivity index (χ0v) is 21.4. The van der Waals surface area contributed by atoms with Crippen molar-refractivity contribution in [2.75, 3.05) is 0 Å². The molecule has 8 heteroatoms. The summed E-state index contributed by atoms with van der Waals surface area (Å²) in [6.45, 7) is 2.36. The van der Waals surface area contributed by atoms with Crippen molar-refractivity contribution in [3.05, 3.63) is 63.9 Å². The van der Waals surface area contributed by atoms with E-state index in [0.717, 1.165) is 53.5 Å². The third-order valence-electron chi connectivity index (χ3n) is 7.16. The van der Waals surface area contributed by atoms with Gasteiger partial charge in [-0.2, -0.15) is 5.26 Å². The second kappa shape index (κ2) is 11.4. The highest BCUT2D eigenvalue weighted by Gasteiger charge is 2.32. The average molecular weight is 510 g/mol. The van der Waals surface area contributed by atoms with Crippen LogP contribution in [0.5, 0.6) is 0 Å². The quantitative estimate of drug-likeness (QED) is 0.373. The van der Waals surface area contributed by atoms with E-state index in [2.05, 4.69) is 11.1 Å². The van der Waals surface area contributed by atoms with Crippen LogP contribution in [0.25, 0.3) is 11.0 Å². The van der Waals surface area contributed by atoms with Crippen LogP contribution in [0, 0.1) is 17.2 Å². The number of nitriles is 1. The monoisotopic (exact) mass is 509 g/mol. The Labute approximate surface area is 216 Å². The first-order valence-electron chi connectivity index (χ1n) is 12.4. The number of ether oxygens (including phenoxy) is 1. The molecule has 36 heavy (non-hydrogen) atoms. The molecule has 0 spiro atoms. The van der Waals surface area contributed by atoms with Gasteiger partial charge in [-0.15, -0.1) is 0 Å². The highest BCUT2D eigenvalue weighted by atomic mass is 35.5. The molecule has 0 bridgehead atoms. The Balaban J connectivity index is 1.55. The van der Waals surface area contributed by atoms with Crippen LogP contribution < -0.4 is 0 Å². The first-order chi connectivity index (χ1) is 17.3. The molecule has 1 saturated carbocycles. The number of aliphatic hydroxyl groups is 1. The molecule has 2 aromatic heterocycles. The molecule has 0 amide bonds. The van der Waals surface area contributed by atoms with Gasteiger partial charge in [-0.3, -0.25) is 4.79 Å². The molecule has 1 aliphatic carbocycles. The van der Waals surface area contributed by atoms with E-state index in [1.165, 1.54) is 0 Å². The van der Waals surface area contributed by atoms with Crippen LogP contribution >= 0.6 is 11.6 Å². The minimum Gasteiger partial charge on any atom is -0.481 e. The van der Waals surface area contributed by atoms with Crippen molar-refractivity contribution in [3.8, 4) is 6.07 Å². The lowest BCUT2D eigenvalue weighted by Crippen LogP contribution is -2.23. The number of aliphatic carboxylic acids is 1. The first kappa shape index (κ1) is 26.2. The van der Waals surface area contributed by atoms with Gasteiger partial charge in [0.2, 0.25) is 0 Å². The number of carboxylic acid groups (broad SMARTS) is 1. The predicted molar refractivity (Wildman–Crippen MR) is 138 cm³/mol. The molecule has 4 rings (SSSR count). The fourth-order valence-electron chi connectivity index (χ4n) is 5.49. The van der Waals surface area contributed by atoms with Crippen LogP contribution in [-0.4, -0.2) is 31.8 Å². The Morgan fingerprint density at radius 1 is 1.31 bits per heavy atom. The molecular formula is C28H32ClN3O4. The van der Waals surface area contributed by atoms with E-state index in [-0.39, 0.29) is 24.4 Å². The van der Waals surface area contributed by atoms with Gasteiger partial charge in [-0.05, 0) is 67.7 Å². The number of benzene rings is 1. The second-order valence-corrected chi connectivity index (χ2v) is 10.4. The van der Waals surface area contributed by atoms with E-state index in [0.29, 0.717) is 23.6 Å². The SMILES string of the molecule is CC(CC(=O)O)CC(O)c1c(C2CCC(OCc3cccc(Cl)c3)CC2)n(C)c2ncc(C#N)cc12. The van der Waals surface area contributed by atoms with Crippen molar-refractivity contribution in [1.82, 2.24) is 9.55 Å². The molecule has 1 fully saturated rings. The van der Waals surface area contributed by atoms with Gasteiger partial charge in [0.25, 0.3) is 0 Å². The molecule has 190 valence electrons. The van der Waals surface area contributed by atoms with Gasteiger partial charge in [-0.25, -0.2) is 4.98 Å². The number of aromatic nitrogens is 2. The highest BCUT2D eigenvalue weighted by molar-refractivity contribution is 6.30. The van der Waals surface area contributed by atoms with E-state index in [1.54, 1.807) is 12.3 Å². The molecule has 3 aromatic rings. The minimum absolute atomic E-state index is 0.00602. The number of hydrogen-bond donors (Lipinski definition) is 2. The maximum atomic E-state index is 11.3. The van der Waals surface area contributed by atoms with Gasteiger partial charge in [0.05, 0.1) is 24.4 Å². The topological polar surface area (TPSA) is 108 Å². The average Bonchev–Trinajstić information content (AvgIpc) is 3.14. The van der Waals surface area contributed by atoms with E-state index >= 15 is 0 Å². The normalized spacial score (nSPS) is 19.6. The van der Waals surface area contributed by atoms with Gasteiger partial charge >= 0.3 is 5.97 Å². The number of hydrogen-bond acceptors (Lipinski definition) is 5. The van der Waals surface area contributed by atoms with E-state index in [4.69, 9.17) is 16.3 Å². The molecule has 1 aromatic carbocycles. The van der Waals surface area contributed by atoms with Crippen molar-refractivity contribution in [2.24, 2.45) is 13.0 Å². The van der Waals surface area contributed by atoms with E-state index < -0.39 is 12.1 Å². The summed E-state index contributed by atoms with van der Waals surface area (Å²) in [6, 6.07) is 11.6. The summed E-state index contributed by atoms with van der Waals surface area (Å²) in [5.41, 5.74) is 4.01. The van der Waals surface area contributed by atoms with Gasteiger partial charge in [-0.1, -0.05) is 30.7 Å². The van der Waals surface area contributed by atoms with Crippen molar-refractivity contribution < 1.29 is 19.7 Å². The fourth-order valence-corrected chi connectivity index (χ4v) is 5.70. The molecule has 1 aliphatic rings. The third kappa shape index (κ3) is 5.89. The summed E-state index contributed by atoms with van der Waals surface area (Å²) < 4.78 is 8.21. The van der Waals surface area contributed by atoms with Crippen LogP contribution in [0.4, 0.5) is 0 Å². The molecule has 0 radical (unpaired) electrons. The molecular weight excluding hydrogens is 478 g/mol. The van der Waals surface area contributed by atoms with E-state index in [1.807, 2.05) is 42.8 Å². The van der Waals surface area contributed by atoms with Crippen molar-refractivity contribution in [3.63, 3.8) is 0 Å². The van der Waals surface area contributed by atoms with Crippen LogP contribution in [0.3, 0.4) is 0 Å². The van der Waals surface area contributed by atoms with Crippen molar-refractivity contribution >= 4 is 28.6 Å². The standard InChI is InChI=1S/C28H32ClN3O4/c1-17(11-25(34)35)10-24(33)26-23-13-19(14-30)15-31-28(23)32(2)27(26)20-6-8-22(9-7-20)36-16-18-4-3-5-21(29)12-18/h3-5,12-13,15,17,20,22,24,33H,6-11,16H2,1-2H3,(H,34,35). The van der Waals surface area contributed by atoms with Crippen LogP contribution in [-0.2, 0) is 23.2 Å². The maximum absolute atomic E-state index is 11.3. The number of aliphatic hydroxyl groups excluding tert-OH is 1. The lowest BCUT2D eigenvalue weighted by molar-refractivity contribution is -0.138. The van der Waals surface area contributed by atoms with Gasteiger partial charge in [0, 0.05) is 41.3 Å². The third-order valence-corrected chi connectivity index (χ3v) is 7.39. The smallest absolute Gasteiger partial charge is 0.303 e. The highest BCUT2D eigenvalue weighted by Crippen LogP contribution is 2.42. The number of carboxylic acids is 1. The summed E-state index contributed by atoms with van der Waals surface area (Å²) in [7, 11) is 1.95. The van der Waals surface area contributed by atoms with Crippen LogP contribution in [0.2, 0.25) is 5.02 Å². The zero-order chi connectivity index (χ0) is 25.8. The lowest BCUT2D eigenvalue weighted by Gasteiger charge is -2.30. The molecule has 2 unspecified atom stereocenters. The summed E-state index contributed by atoms with van der Waals surface area (Å²) in [5.74, 6) is -0.860. The maximum Gasteiger partial charge on any atom is 0.303 e. The number of aryl methyl sites for hydroxylation is 1.